The molecule has 3 aromatic carbocycles. The SMILES string of the molecule is CC(=O)O[C@H]1C[C@@H](O)CC[C@]23C#C[C@@H]4C[C@H]5CC[C@@H](NCCc6cccc(c6)[C@@H](Cc6cc(C)cc(C)c6)CN=C(N)N[C@@H]2C=CC[C@H]3O)[C@]2(C5)C[C@@H](CCN2)Oc2cc(c(C(O)O)cc2O)C[C@H]41. The third kappa shape index (κ3) is 11.0. The fraction of sp³-hybridized carbons (Fsp3) is 0.571. The van der Waals surface area contributed by atoms with Crippen molar-refractivity contribution in [2.45, 2.75) is 158 Å². The molecule has 1 saturated heterocycles. The average Bonchev–Trinajstić information content (AvgIpc) is 3.29. The van der Waals surface area contributed by atoms with Crippen molar-refractivity contribution >= 4 is 11.9 Å². The van der Waals surface area contributed by atoms with Crippen LogP contribution in [0.1, 0.15) is 122 Å². The molecule has 13 heteroatoms. The summed E-state index contributed by atoms with van der Waals surface area (Å²) in [5.74, 6) is 6.49. The number of aliphatic hydroxyl groups is 4. The number of aliphatic imine (C=N–C) groups is 1. The minimum Gasteiger partial charge on any atom is -0.504 e. The summed E-state index contributed by atoms with van der Waals surface area (Å²) in [5, 5.41) is 68.9. The Bertz CT molecular complexity index is 2440. The predicted molar refractivity (Wildman–Crippen MR) is 265 cm³/mol. The van der Waals surface area contributed by atoms with Gasteiger partial charge in [-0.25, -0.2) is 0 Å². The van der Waals surface area contributed by atoms with E-state index in [2.05, 4.69) is 84.1 Å². The van der Waals surface area contributed by atoms with Gasteiger partial charge in [-0.2, -0.15) is 0 Å². The summed E-state index contributed by atoms with van der Waals surface area (Å²) < 4.78 is 13.0. The van der Waals surface area contributed by atoms with Crippen molar-refractivity contribution < 1.29 is 39.8 Å². The first-order valence-electron chi connectivity index (χ1n) is 25.5. The first kappa shape index (κ1) is 49.1. The van der Waals surface area contributed by atoms with Gasteiger partial charge in [0.1, 0.15) is 12.2 Å². The number of guanidine groups is 1. The van der Waals surface area contributed by atoms with Crippen LogP contribution in [-0.4, -0.2) is 99.1 Å². The van der Waals surface area contributed by atoms with Gasteiger partial charge in [-0.1, -0.05) is 77.6 Å². The Labute approximate surface area is 407 Å². The standard InChI is InChI=1S/C56H73N5O8/c1-33-20-34(2)22-38(21-33)25-42-32-59-54(57)61-50-8-5-9-52(65)55(50)16-12-40-24-37-10-11-51(58-18-14-36-6-4-7-39(42)23-36)56(30-37)31-44(15-19-60-56)69-49-27-41(46(53(66)67)29-47(49)64)26-45(40)48(68-35(3)62)28-43(63)13-17-55/h4-8,20-23,27,29,37,40,42-45,48,50-53,58,60,63-67H,9-11,13-15,17-19,24-26,28,30-32H2,1-3H3,(H3,57,59,61)/t37-,40-,42+,43+,44-,45-,48+,50-,51-,52-,55-,56+/m1/s1. The van der Waals surface area contributed by atoms with Gasteiger partial charge >= 0.3 is 5.97 Å². The van der Waals surface area contributed by atoms with Gasteiger partial charge in [-0.3, -0.25) is 9.79 Å². The van der Waals surface area contributed by atoms with Crippen LogP contribution in [0, 0.1) is 48.9 Å². The highest BCUT2D eigenvalue weighted by Crippen LogP contribution is 2.47. The molecule has 69 heavy (non-hydrogen) atoms. The van der Waals surface area contributed by atoms with Gasteiger partial charge in [0.2, 0.25) is 0 Å². The molecular formula is C56H73N5O8. The van der Waals surface area contributed by atoms with E-state index >= 15 is 0 Å². The van der Waals surface area contributed by atoms with E-state index in [4.69, 9.17) is 20.2 Å². The number of phenolic OH excluding ortho intramolecular Hbond substituents is 1. The van der Waals surface area contributed by atoms with Crippen LogP contribution >= 0.6 is 0 Å². The molecule has 4 heterocycles. The fourth-order valence-corrected chi connectivity index (χ4v) is 13.1. The molecule has 0 unspecified atom stereocenters. The number of fused-ring (bicyclic) bond motifs is 9. The Hall–Kier alpha value is -4.94. The number of piperidine rings is 1. The molecule has 0 aromatic heterocycles. The Balaban J connectivity index is 1.21. The number of phenols is 1. The second kappa shape index (κ2) is 20.8. The van der Waals surface area contributed by atoms with E-state index in [-0.39, 0.29) is 71.8 Å². The number of carbonyl (C=O) groups excluding carboxylic acids is 1. The minimum absolute atomic E-state index is 0.0217. The lowest BCUT2D eigenvalue weighted by Gasteiger charge is -2.52. The van der Waals surface area contributed by atoms with Crippen LogP contribution in [0.2, 0.25) is 0 Å². The highest BCUT2D eigenvalue weighted by Gasteiger charge is 2.50. The average molecular weight is 944 g/mol. The molecular weight excluding hydrogens is 871 g/mol. The Morgan fingerprint density at radius 1 is 1.01 bits per heavy atom. The van der Waals surface area contributed by atoms with Crippen molar-refractivity contribution in [1.29, 1.82) is 0 Å². The summed E-state index contributed by atoms with van der Waals surface area (Å²) in [6, 6.07) is 18.2. The highest BCUT2D eigenvalue weighted by atomic mass is 16.5. The molecule has 1 saturated carbocycles. The summed E-state index contributed by atoms with van der Waals surface area (Å²) in [7, 11) is 0. The Morgan fingerprint density at radius 3 is 2.64 bits per heavy atom. The van der Waals surface area contributed by atoms with Crippen molar-refractivity contribution in [3.8, 4) is 23.3 Å². The second-order valence-electron chi connectivity index (χ2n) is 21.4. The van der Waals surface area contributed by atoms with Gasteiger partial charge < -0.3 is 56.7 Å². The van der Waals surface area contributed by atoms with Crippen molar-refractivity contribution in [1.82, 2.24) is 16.0 Å². The van der Waals surface area contributed by atoms with Crippen LogP contribution in [0.25, 0.3) is 0 Å². The van der Waals surface area contributed by atoms with Crippen molar-refractivity contribution in [2.75, 3.05) is 19.6 Å². The summed E-state index contributed by atoms with van der Waals surface area (Å²) in [4.78, 5) is 18.1. The van der Waals surface area contributed by atoms with Gasteiger partial charge in [0.05, 0.1) is 23.7 Å². The Morgan fingerprint density at radius 2 is 1.84 bits per heavy atom. The first-order valence-corrected chi connectivity index (χ1v) is 25.5. The van der Waals surface area contributed by atoms with E-state index in [1.54, 1.807) is 6.07 Å². The number of hydrogen-bond acceptors (Lipinski definition) is 13. The highest BCUT2D eigenvalue weighted by molar-refractivity contribution is 5.78. The lowest BCUT2D eigenvalue weighted by molar-refractivity contribution is -0.152. The summed E-state index contributed by atoms with van der Waals surface area (Å²) in [5.41, 5.74) is 12.2. The van der Waals surface area contributed by atoms with Gasteiger partial charge in [0, 0.05) is 61.2 Å². The lowest BCUT2D eigenvalue weighted by Crippen LogP contribution is -2.66. The van der Waals surface area contributed by atoms with E-state index in [0.29, 0.717) is 44.3 Å². The number of aromatic hydroxyl groups is 1. The monoisotopic (exact) mass is 944 g/mol. The number of benzene rings is 3. The number of aryl methyl sites for hydroxylation is 2. The number of hydrogen-bond donors (Lipinski definition) is 9. The smallest absolute Gasteiger partial charge is 0.302 e. The zero-order valence-corrected chi connectivity index (χ0v) is 40.5. The summed E-state index contributed by atoms with van der Waals surface area (Å²) >= 11 is 0. The largest absolute Gasteiger partial charge is 0.504 e. The van der Waals surface area contributed by atoms with E-state index in [1.807, 2.05) is 12.2 Å². The molecule has 12 atom stereocenters. The van der Waals surface area contributed by atoms with Crippen molar-refractivity contribution in [3.63, 3.8) is 0 Å². The predicted octanol–water partition coefficient (Wildman–Crippen LogP) is 5.44. The molecule has 0 amide bonds. The summed E-state index contributed by atoms with van der Waals surface area (Å²) in [6.45, 7) is 7.54. The number of esters is 1. The van der Waals surface area contributed by atoms with E-state index in [0.717, 1.165) is 45.1 Å². The van der Waals surface area contributed by atoms with Crippen LogP contribution < -0.4 is 26.4 Å². The third-order valence-electron chi connectivity index (χ3n) is 16.4. The molecule has 10 rings (SSSR count). The number of rotatable bonds is 4. The van der Waals surface area contributed by atoms with Gasteiger partial charge in [-0.05, 0) is 138 Å². The molecule has 10 bridgehead atoms. The molecule has 2 fully saturated rings. The van der Waals surface area contributed by atoms with Crippen LogP contribution in [0.15, 0.2) is 71.7 Å². The number of ether oxygens (including phenoxy) is 2. The first-order chi connectivity index (χ1) is 33.1. The quantitative estimate of drug-likeness (QED) is 0.0693. The van der Waals surface area contributed by atoms with Crippen molar-refractivity contribution in [3.05, 3.63) is 106 Å². The van der Waals surface area contributed by atoms with Crippen LogP contribution in [-0.2, 0) is 28.8 Å². The zero-order chi connectivity index (χ0) is 48.5. The number of nitrogens with one attached hydrogen (secondary N) is 3. The van der Waals surface area contributed by atoms with E-state index in [1.165, 1.54) is 40.8 Å². The maximum atomic E-state index is 13.0. The molecule has 4 aliphatic heterocycles. The molecule has 370 valence electrons. The van der Waals surface area contributed by atoms with Crippen molar-refractivity contribution in [2.24, 2.45) is 33.9 Å². The normalized spacial score (nSPS) is 33.8. The van der Waals surface area contributed by atoms with E-state index in [9.17, 15) is 30.3 Å². The van der Waals surface area contributed by atoms with E-state index < -0.39 is 53.9 Å². The van der Waals surface area contributed by atoms with Crippen LogP contribution in [0.4, 0.5) is 0 Å². The van der Waals surface area contributed by atoms with Crippen LogP contribution in [0.5, 0.6) is 11.5 Å². The van der Waals surface area contributed by atoms with Crippen LogP contribution in [0.3, 0.4) is 0 Å². The maximum Gasteiger partial charge on any atom is 0.302 e. The fourth-order valence-electron chi connectivity index (χ4n) is 13.1. The number of nitrogens with zero attached hydrogens (tertiary/aromatic N) is 1. The Kier molecular flexibility index (Phi) is 14.8. The number of carbonyl (C=O) groups is 1. The molecule has 7 aliphatic rings. The van der Waals surface area contributed by atoms with Gasteiger partial charge in [0.25, 0.3) is 0 Å². The molecule has 3 aliphatic carbocycles. The topological polar surface area (TPSA) is 211 Å². The zero-order valence-electron chi connectivity index (χ0n) is 40.5. The molecule has 13 nitrogen and oxygen atoms in total. The summed E-state index contributed by atoms with van der Waals surface area (Å²) in [6.07, 6.45) is 6.69. The number of nitrogens with two attached hydrogens (primary N) is 1. The second-order valence-corrected chi connectivity index (χ2v) is 21.4. The minimum atomic E-state index is -1.91. The third-order valence-corrected chi connectivity index (χ3v) is 16.4. The molecule has 10 N–H and O–H groups in total. The maximum absolute atomic E-state index is 13.0. The van der Waals surface area contributed by atoms with Gasteiger partial charge in [-0.15, -0.1) is 0 Å². The number of aliphatic hydroxyl groups excluding tert-OH is 3. The van der Waals surface area contributed by atoms with Gasteiger partial charge in [0.15, 0.2) is 23.7 Å². The molecule has 2 spiro atoms. The lowest BCUT2D eigenvalue weighted by atomic mass is 9.64. The molecule has 0 radical (unpaired) electrons. The molecule has 3 aromatic rings.